The van der Waals surface area contributed by atoms with E-state index in [4.69, 9.17) is 0 Å². The van der Waals surface area contributed by atoms with Crippen molar-refractivity contribution >= 4 is 18.5 Å². The van der Waals surface area contributed by atoms with Crippen molar-refractivity contribution in [2.45, 2.75) is 45.2 Å². The lowest BCUT2D eigenvalue weighted by molar-refractivity contribution is -0.112. The second kappa shape index (κ2) is 6.46. The number of carbonyl (C=O) groups excluding carboxylic acids is 3. The minimum atomic E-state index is -0.505. The number of fused-ring (bicyclic) bond motifs is 1. The molecular formula is C16H19NO3. The minimum Gasteiger partial charge on any atom is -0.325 e. The molecule has 1 aliphatic rings. The van der Waals surface area contributed by atoms with Gasteiger partial charge in [-0.1, -0.05) is 25.5 Å². The Labute approximate surface area is 118 Å². The van der Waals surface area contributed by atoms with Crippen LogP contribution in [0.3, 0.4) is 0 Å². The Morgan fingerprint density at radius 2 is 2.15 bits per heavy atom. The van der Waals surface area contributed by atoms with Gasteiger partial charge in [-0.15, -0.1) is 0 Å². The smallest absolute Gasteiger partial charge is 0.255 e. The number of carbonyl (C=O) groups is 3. The van der Waals surface area contributed by atoms with Gasteiger partial charge in [-0.05, 0) is 30.0 Å². The van der Waals surface area contributed by atoms with E-state index in [1.54, 1.807) is 4.90 Å². The molecule has 1 aromatic carbocycles. The molecule has 4 nitrogen and oxygen atoms in total. The third kappa shape index (κ3) is 2.64. The van der Waals surface area contributed by atoms with Gasteiger partial charge in [-0.25, -0.2) is 0 Å². The van der Waals surface area contributed by atoms with Gasteiger partial charge in [0, 0.05) is 18.5 Å². The number of nitrogens with zero attached hydrogens (tertiary/aromatic N) is 1. The molecular weight excluding hydrogens is 254 g/mol. The molecule has 1 amide bonds. The zero-order valence-electron chi connectivity index (χ0n) is 11.7. The maximum atomic E-state index is 12.4. The number of hydrogen-bond donors (Lipinski definition) is 0. The molecule has 0 N–H and O–H groups in total. The zero-order chi connectivity index (χ0) is 14.5. The Hall–Kier alpha value is -1.97. The maximum Gasteiger partial charge on any atom is 0.255 e. The average Bonchev–Trinajstić information content (AvgIpc) is 2.79. The molecule has 1 aromatic rings. The van der Waals surface area contributed by atoms with Crippen LogP contribution >= 0.6 is 0 Å². The van der Waals surface area contributed by atoms with Crippen LogP contribution in [0.2, 0.25) is 0 Å². The zero-order valence-corrected chi connectivity index (χ0v) is 11.7. The van der Waals surface area contributed by atoms with Crippen molar-refractivity contribution in [3.05, 3.63) is 34.9 Å². The van der Waals surface area contributed by atoms with Gasteiger partial charge in [0.15, 0.2) is 0 Å². The molecule has 0 bridgehead atoms. The van der Waals surface area contributed by atoms with E-state index < -0.39 is 6.04 Å². The second-order valence-corrected chi connectivity index (χ2v) is 5.07. The first-order valence-corrected chi connectivity index (χ1v) is 7.03. The summed E-state index contributed by atoms with van der Waals surface area (Å²) in [6, 6.07) is 5.25. The molecule has 0 radical (unpaired) electrons. The van der Waals surface area contributed by atoms with E-state index in [0.29, 0.717) is 24.9 Å². The summed E-state index contributed by atoms with van der Waals surface area (Å²) < 4.78 is 0. The van der Waals surface area contributed by atoms with Gasteiger partial charge < -0.3 is 14.5 Å². The fourth-order valence-electron chi connectivity index (χ4n) is 2.73. The molecule has 0 spiro atoms. The average molecular weight is 273 g/mol. The van der Waals surface area contributed by atoms with Crippen molar-refractivity contribution in [3.8, 4) is 0 Å². The predicted molar refractivity (Wildman–Crippen MR) is 75.5 cm³/mol. The van der Waals surface area contributed by atoms with E-state index in [2.05, 4.69) is 6.92 Å². The lowest BCUT2D eigenvalue weighted by atomic mass is 10.00. The summed E-state index contributed by atoms with van der Waals surface area (Å²) in [5, 5.41) is 0. The van der Waals surface area contributed by atoms with Crippen LogP contribution in [0.25, 0.3) is 0 Å². The van der Waals surface area contributed by atoms with Gasteiger partial charge in [-0.2, -0.15) is 0 Å². The van der Waals surface area contributed by atoms with Crippen LogP contribution in [-0.2, 0) is 22.6 Å². The standard InChI is InChI=1S/C16H19NO3/c1-2-5-12-6-3-8-14-15(12)10-17(16(14)20)13(11-19)7-4-9-18/h3,6,8-9,11,13H,2,4-5,7,10H2,1H3. The minimum absolute atomic E-state index is 0.0963. The van der Waals surface area contributed by atoms with Crippen LogP contribution < -0.4 is 0 Å². The third-order valence-corrected chi connectivity index (χ3v) is 3.75. The first kappa shape index (κ1) is 14.4. The molecule has 2 rings (SSSR count). The highest BCUT2D eigenvalue weighted by molar-refractivity contribution is 6.00. The molecule has 1 atom stereocenters. The maximum absolute atomic E-state index is 12.4. The lowest BCUT2D eigenvalue weighted by Gasteiger charge is -2.22. The highest BCUT2D eigenvalue weighted by Gasteiger charge is 2.33. The molecule has 106 valence electrons. The van der Waals surface area contributed by atoms with E-state index in [9.17, 15) is 14.4 Å². The quantitative estimate of drug-likeness (QED) is 0.715. The lowest BCUT2D eigenvalue weighted by Crippen LogP contribution is -2.36. The molecule has 0 saturated carbocycles. The highest BCUT2D eigenvalue weighted by atomic mass is 16.2. The van der Waals surface area contributed by atoms with E-state index in [1.807, 2.05) is 18.2 Å². The van der Waals surface area contributed by atoms with Crippen LogP contribution in [0.1, 0.15) is 47.7 Å². The van der Waals surface area contributed by atoms with Crippen molar-refractivity contribution in [2.24, 2.45) is 0 Å². The van der Waals surface area contributed by atoms with Crippen LogP contribution in [0.15, 0.2) is 18.2 Å². The number of aryl methyl sites for hydroxylation is 1. The van der Waals surface area contributed by atoms with Crippen LogP contribution in [0.5, 0.6) is 0 Å². The Morgan fingerprint density at radius 1 is 1.35 bits per heavy atom. The fourth-order valence-corrected chi connectivity index (χ4v) is 2.73. The molecule has 1 aliphatic heterocycles. The number of hydrogen-bond acceptors (Lipinski definition) is 3. The van der Waals surface area contributed by atoms with Crippen molar-refractivity contribution in [2.75, 3.05) is 0 Å². The first-order chi connectivity index (χ1) is 9.72. The van der Waals surface area contributed by atoms with Crippen molar-refractivity contribution in [1.82, 2.24) is 4.90 Å². The molecule has 0 saturated heterocycles. The summed E-state index contributed by atoms with van der Waals surface area (Å²) in [4.78, 5) is 35.6. The Balaban J connectivity index is 2.25. The summed E-state index contributed by atoms with van der Waals surface area (Å²) in [5.74, 6) is -0.0963. The monoisotopic (exact) mass is 273 g/mol. The third-order valence-electron chi connectivity index (χ3n) is 3.75. The van der Waals surface area contributed by atoms with Gasteiger partial charge in [0.05, 0.1) is 6.04 Å². The summed E-state index contributed by atoms with van der Waals surface area (Å²) in [5.41, 5.74) is 2.92. The number of amides is 1. The number of aldehydes is 2. The van der Waals surface area contributed by atoms with Crippen molar-refractivity contribution < 1.29 is 14.4 Å². The van der Waals surface area contributed by atoms with Gasteiger partial charge in [-0.3, -0.25) is 4.79 Å². The van der Waals surface area contributed by atoms with Crippen LogP contribution in [0, 0.1) is 0 Å². The number of benzene rings is 1. The highest BCUT2D eigenvalue weighted by Crippen LogP contribution is 2.28. The predicted octanol–water partition coefficient (Wildman–Crippen LogP) is 2.14. The van der Waals surface area contributed by atoms with Gasteiger partial charge in [0.1, 0.15) is 12.6 Å². The van der Waals surface area contributed by atoms with Gasteiger partial charge in [0.25, 0.3) is 5.91 Å². The topological polar surface area (TPSA) is 54.5 Å². The molecule has 1 unspecified atom stereocenters. The Bertz CT molecular complexity index is 524. The Kier molecular flexibility index (Phi) is 4.66. The normalized spacial score (nSPS) is 15.1. The van der Waals surface area contributed by atoms with Gasteiger partial charge in [0.2, 0.25) is 0 Å². The molecule has 0 aromatic heterocycles. The molecule has 4 heteroatoms. The van der Waals surface area contributed by atoms with Gasteiger partial charge >= 0.3 is 0 Å². The van der Waals surface area contributed by atoms with Crippen molar-refractivity contribution in [1.29, 1.82) is 0 Å². The van der Waals surface area contributed by atoms with E-state index in [1.165, 1.54) is 5.56 Å². The summed E-state index contributed by atoms with van der Waals surface area (Å²) in [7, 11) is 0. The first-order valence-electron chi connectivity index (χ1n) is 7.03. The number of rotatable bonds is 7. The van der Waals surface area contributed by atoms with E-state index >= 15 is 0 Å². The molecule has 0 aliphatic carbocycles. The van der Waals surface area contributed by atoms with E-state index in [0.717, 1.165) is 31.0 Å². The largest absolute Gasteiger partial charge is 0.325 e. The SMILES string of the molecule is CCCc1cccc2c1CN(C(C=O)CCC=O)C2=O. The Morgan fingerprint density at radius 3 is 2.80 bits per heavy atom. The summed E-state index contributed by atoms with van der Waals surface area (Å²) in [6.45, 7) is 2.58. The van der Waals surface area contributed by atoms with Crippen LogP contribution in [0.4, 0.5) is 0 Å². The second-order valence-electron chi connectivity index (χ2n) is 5.07. The van der Waals surface area contributed by atoms with Crippen LogP contribution in [-0.4, -0.2) is 29.4 Å². The fraction of sp³-hybridized carbons (Fsp3) is 0.438. The van der Waals surface area contributed by atoms with E-state index in [-0.39, 0.29) is 5.91 Å². The molecule has 20 heavy (non-hydrogen) atoms. The molecule has 1 heterocycles. The van der Waals surface area contributed by atoms with Crippen molar-refractivity contribution in [3.63, 3.8) is 0 Å². The summed E-state index contributed by atoms with van der Waals surface area (Å²) >= 11 is 0. The summed E-state index contributed by atoms with van der Waals surface area (Å²) in [6.07, 6.45) is 4.21. The molecule has 0 fully saturated rings.